The molecule has 1 heterocycles. The summed E-state index contributed by atoms with van der Waals surface area (Å²) in [5.41, 5.74) is 1.71. The van der Waals surface area contributed by atoms with Crippen molar-refractivity contribution in [1.29, 1.82) is 0 Å². The molecule has 0 atom stereocenters. The van der Waals surface area contributed by atoms with Gasteiger partial charge in [0.05, 0.1) is 0 Å². The van der Waals surface area contributed by atoms with Crippen LogP contribution in [-0.2, 0) is 15.0 Å². The number of carbonyl (C=O) groups excluding carboxylic acids is 2. The normalized spacial score (nSPS) is 16.1. The van der Waals surface area contributed by atoms with Gasteiger partial charge in [0.25, 0.3) is 10.2 Å². The van der Waals surface area contributed by atoms with Gasteiger partial charge in [-0.05, 0) is 19.8 Å². The van der Waals surface area contributed by atoms with Crippen LogP contribution in [-0.4, -0.2) is 62.5 Å². The molecule has 1 aromatic rings. The fourth-order valence-corrected chi connectivity index (χ4v) is 3.69. The smallest absolute Gasteiger partial charge is 0.279 e. The van der Waals surface area contributed by atoms with Gasteiger partial charge in [0.15, 0.2) is 5.78 Å². The van der Waals surface area contributed by atoms with Crippen molar-refractivity contribution in [2.75, 3.05) is 27.2 Å². The maximum atomic E-state index is 12.3. The molecule has 1 aliphatic heterocycles. The third-order valence-corrected chi connectivity index (χ3v) is 6.18. The van der Waals surface area contributed by atoms with Crippen molar-refractivity contribution >= 4 is 21.9 Å². The number of nitrogens with one attached hydrogen (secondary N) is 1. The Balaban J connectivity index is 1.78. The van der Waals surface area contributed by atoms with Crippen LogP contribution >= 0.6 is 0 Å². The maximum absolute atomic E-state index is 12.3. The summed E-state index contributed by atoms with van der Waals surface area (Å²) in [6, 6.07) is 7.17. The molecule has 0 spiro atoms. The van der Waals surface area contributed by atoms with E-state index in [1.54, 1.807) is 17.0 Å². The molecule has 144 valence electrons. The van der Waals surface area contributed by atoms with Crippen molar-refractivity contribution in [2.45, 2.75) is 38.6 Å². The van der Waals surface area contributed by atoms with E-state index in [9.17, 15) is 18.0 Å². The predicted molar refractivity (Wildman–Crippen MR) is 100 cm³/mol. The molecule has 26 heavy (non-hydrogen) atoms. The number of hydrogen-bond acceptors (Lipinski definition) is 4. The van der Waals surface area contributed by atoms with Gasteiger partial charge < -0.3 is 4.90 Å². The summed E-state index contributed by atoms with van der Waals surface area (Å²) in [7, 11) is -0.499. The lowest BCUT2D eigenvalue weighted by Gasteiger charge is -2.32. The summed E-state index contributed by atoms with van der Waals surface area (Å²) in [6.07, 6.45) is 1.52. The Morgan fingerprint density at radius 2 is 1.69 bits per heavy atom. The highest BCUT2D eigenvalue weighted by molar-refractivity contribution is 7.87. The summed E-state index contributed by atoms with van der Waals surface area (Å²) in [6.45, 7) is 2.95. The van der Waals surface area contributed by atoms with Crippen LogP contribution in [0.15, 0.2) is 24.3 Å². The predicted octanol–water partition coefficient (Wildman–Crippen LogP) is 1.34. The lowest BCUT2D eigenvalue weighted by atomic mass is 10.0. The molecule has 2 rings (SSSR count). The molecule has 1 saturated heterocycles. The second-order valence-corrected chi connectivity index (χ2v) is 8.77. The van der Waals surface area contributed by atoms with Crippen LogP contribution in [0.3, 0.4) is 0 Å². The molecule has 1 fully saturated rings. The van der Waals surface area contributed by atoms with Crippen molar-refractivity contribution in [1.82, 2.24) is 13.9 Å². The number of piperidine rings is 1. The molecule has 0 aliphatic carbocycles. The number of amides is 1. The second kappa shape index (κ2) is 8.75. The average Bonchev–Trinajstić information content (AvgIpc) is 2.60. The van der Waals surface area contributed by atoms with Crippen LogP contribution in [0.1, 0.15) is 41.6 Å². The summed E-state index contributed by atoms with van der Waals surface area (Å²) >= 11 is 0. The fraction of sp³-hybridized carbons (Fsp3) is 0.556. The molecular weight excluding hydrogens is 354 g/mol. The van der Waals surface area contributed by atoms with Gasteiger partial charge in [0, 0.05) is 51.6 Å². The summed E-state index contributed by atoms with van der Waals surface area (Å²) < 4.78 is 27.5. The van der Waals surface area contributed by atoms with Crippen molar-refractivity contribution in [3.05, 3.63) is 35.4 Å². The minimum absolute atomic E-state index is 0.0352. The van der Waals surface area contributed by atoms with Crippen LogP contribution in [0.25, 0.3) is 0 Å². The Morgan fingerprint density at radius 3 is 2.23 bits per heavy atom. The monoisotopic (exact) mass is 381 g/mol. The molecule has 0 unspecified atom stereocenters. The first kappa shape index (κ1) is 20.5. The van der Waals surface area contributed by atoms with E-state index in [4.69, 9.17) is 0 Å². The van der Waals surface area contributed by atoms with E-state index in [0.717, 1.165) is 9.87 Å². The molecule has 0 aromatic heterocycles. The number of hydrogen-bond donors (Lipinski definition) is 1. The van der Waals surface area contributed by atoms with Crippen molar-refractivity contribution < 1.29 is 18.0 Å². The van der Waals surface area contributed by atoms with Gasteiger partial charge >= 0.3 is 0 Å². The third kappa shape index (κ3) is 5.62. The number of Topliss-reactive ketones (excluding diaryl/α,β-unsaturated/α-hetero) is 1. The van der Waals surface area contributed by atoms with Gasteiger partial charge in [-0.25, -0.2) is 0 Å². The molecule has 8 heteroatoms. The number of ketones is 1. The minimum Gasteiger partial charge on any atom is -0.343 e. The van der Waals surface area contributed by atoms with Crippen LogP contribution < -0.4 is 4.72 Å². The highest BCUT2D eigenvalue weighted by Gasteiger charge is 2.26. The number of aryl methyl sites for hydroxylation is 1. The second-order valence-electron chi connectivity index (χ2n) is 6.85. The molecule has 1 amide bonds. The minimum atomic E-state index is -3.46. The largest absolute Gasteiger partial charge is 0.343 e. The molecular formula is C18H27N3O4S. The number of likely N-dealkylation sites (tertiary alicyclic amines) is 1. The number of rotatable bonds is 7. The lowest BCUT2D eigenvalue weighted by Crippen LogP contribution is -2.49. The van der Waals surface area contributed by atoms with E-state index in [-0.39, 0.29) is 30.6 Å². The van der Waals surface area contributed by atoms with E-state index < -0.39 is 10.2 Å². The lowest BCUT2D eigenvalue weighted by molar-refractivity contribution is -0.132. The topological polar surface area (TPSA) is 86.8 Å². The van der Waals surface area contributed by atoms with E-state index in [2.05, 4.69) is 4.72 Å². The molecule has 1 N–H and O–H groups in total. The molecule has 1 aromatic carbocycles. The highest BCUT2D eigenvalue weighted by Crippen LogP contribution is 2.14. The molecule has 0 saturated carbocycles. The highest BCUT2D eigenvalue weighted by atomic mass is 32.2. The average molecular weight is 381 g/mol. The van der Waals surface area contributed by atoms with E-state index in [1.165, 1.54) is 14.1 Å². The zero-order chi connectivity index (χ0) is 19.3. The number of nitrogens with zero attached hydrogens (tertiary/aromatic N) is 2. The zero-order valence-electron chi connectivity index (χ0n) is 15.6. The Kier molecular flexibility index (Phi) is 6.91. The fourth-order valence-electron chi connectivity index (χ4n) is 2.83. The molecule has 1 aliphatic rings. The SMILES string of the molecule is Cc1ccc(C(=O)CCC(=O)N2CCC(NS(=O)(=O)N(C)C)CC2)cc1. The van der Waals surface area contributed by atoms with Crippen molar-refractivity contribution in [3.63, 3.8) is 0 Å². The maximum Gasteiger partial charge on any atom is 0.279 e. The number of carbonyl (C=O) groups is 2. The first-order valence-corrected chi connectivity index (χ1v) is 10.2. The molecule has 0 radical (unpaired) electrons. The number of benzene rings is 1. The Labute approximate surface area is 155 Å². The van der Waals surface area contributed by atoms with Crippen molar-refractivity contribution in [3.8, 4) is 0 Å². The Morgan fingerprint density at radius 1 is 1.12 bits per heavy atom. The van der Waals surface area contributed by atoms with Crippen LogP contribution in [0.5, 0.6) is 0 Å². The van der Waals surface area contributed by atoms with Crippen LogP contribution in [0.4, 0.5) is 0 Å². The Bertz CT molecular complexity index is 736. The van der Waals surface area contributed by atoms with E-state index >= 15 is 0 Å². The van der Waals surface area contributed by atoms with E-state index in [0.29, 0.717) is 31.5 Å². The van der Waals surface area contributed by atoms with Gasteiger partial charge in [-0.15, -0.1) is 0 Å². The first-order valence-electron chi connectivity index (χ1n) is 8.76. The van der Waals surface area contributed by atoms with Gasteiger partial charge in [-0.3, -0.25) is 9.59 Å². The quantitative estimate of drug-likeness (QED) is 0.722. The molecule has 0 bridgehead atoms. The Hall–Kier alpha value is -1.77. The van der Waals surface area contributed by atoms with E-state index in [1.807, 2.05) is 19.1 Å². The zero-order valence-corrected chi connectivity index (χ0v) is 16.4. The third-order valence-electron chi connectivity index (χ3n) is 4.58. The van der Waals surface area contributed by atoms with Gasteiger partial charge in [-0.1, -0.05) is 29.8 Å². The summed E-state index contributed by atoms with van der Waals surface area (Å²) in [4.78, 5) is 26.2. The van der Waals surface area contributed by atoms with Gasteiger partial charge in [0.2, 0.25) is 5.91 Å². The van der Waals surface area contributed by atoms with Crippen LogP contribution in [0, 0.1) is 6.92 Å². The van der Waals surface area contributed by atoms with Gasteiger partial charge in [0.1, 0.15) is 0 Å². The molecule has 7 nitrogen and oxygen atoms in total. The summed E-state index contributed by atoms with van der Waals surface area (Å²) in [5, 5.41) is 0. The standard InChI is InChI=1S/C18H27N3O4S/c1-14-4-6-15(7-5-14)17(22)8-9-18(23)21-12-10-16(11-13-21)19-26(24,25)20(2)3/h4-7,16,19H,8-13H2,1-3H3. The first-order chi connectivity index (χ1) is 12.2. The van der Waals surface area contributed by atoms with Gasteiger partial charge in [-0.2, -0.15) is 17.4 Å². The van der Waals surface area contributed by atoms with Crippen LogP contribution in [0.2, 0.25) is 0 Å². The van der Waals surface area contributed by atoms with Crippen molar-refractivity contribution in [2.24, 2.45) is 0 Å². The summed E-state index contributed by atoms with van der Waals surface area (Å²) in [5.74, 6) is -0.0913.